The fraction of sp³-hybridized carbons (Fsp3) is 0.576. The number of hydrogen-bond donors (Lipinski definition) is 5. The van der Waals surface area contributed by atoms with Crippen LogP contribution in [0.3, 0.4) is 0 Å². The molecule has 0 spiro atoms. The third kappa shape index (κ3) is 12.5. The largest absolute Gasteiger partial charge is 0.388 e. The smallest absolute Gasteiger partial charge is 0.253 e. The van der Waals surface area contributed by atoms with Crippen molar-refractivity contribution in [2.75, 3.05) is 5.75 Å². The van der Waals surface area contributed by atoms with E-state index in [0.29, 0.717) is 38.5 Å². The van der Waals surface area contributed by atoms with Gasteiger partial charge in [-0.1, -0.05) is 76.8 Å². The van der Waals surface area contributed by atoms with Gasteiger partial charge in [0.25, 0.3) is 5.91 Å². The van der Waals surface area contributed by atoms with Gasteiger partial charge in [0.1, 0.15) is 18.2 Å². The first kappa shape index (κ1) is 37.8. The minimum Gasteiger partial charge on any atom is -0.388 e. The molecule has 5 atom stereocenters. The minimum absolute atomic E-state index is 0.0929. The van der Waals surface area contributed by atoms with Gasteiger partial charge in [0.2, 0.25) is 11.8 Å². The highest BCUT2D eigenvalue weighted by Gasteiger charge is 2.37. The zero-order valence-electron chi connectivity index (χ0n) is 26.8. The average Bonchev–Trinajstić information content (AvgIpc) is 3.02. The van der Waals surface area contributed by atoms with Gasteiger partial charge >= 0.3 is 0 Å². The Hall–Kier alpha value is -3.35. The van der Waals surface area contributed by atoms with Gasteiger partial charge in [0.05, 0.1) is 28.6 Å². The molecule has 3 amide bonds. The van der Waals surface area contributed by atoms with E-state index >= 15 is 0 Å². The average molecular weight is 647 g/mol. The fourth-order valence-corrected chi connectivity index (χ4v) is 7.50. The predicted octanol–water partition coefficient (Wildman–Crippen LogP) is 2.71. The topological polar surface area (TPSA) is 175 Å². The number of hydrogen-bond acceptors (Lipinski definition) is 8. The Balaban J connectivity index is 2.45. The number of aliphatic hydroxyl groups is 2. The normalized spacial score (nSPS) is 15.0. The molecule has 1 aromatic carbocycles. The van der Waals surface area contributed by atoms with Gasteiger partial charge in [-0.15, -0.1) is 0 Å². The van der Waals surface area contributed by atoms with E-state index in [9.17, 15) is 33.0 Å². The molecule has 0 saturated carbocycles. The van der Waals surface area contributed by atoms with E-state index in [1.807, 2.05) is 26.8 Å². The second-order valence-electron chi connectivity index (χ2n) is 11.5. The van der Waals surface area contributed by atoms with Gasteiger partial charge in [-0.25, -0.2) is 8.42 Å². The molecule has 0 saturated heterocycles. The van der Waals surface area contributed by atoms with E-state index in [-0.39, 0.29) is 17.9 Å². The van der Waals surface area contributed by atoms with E-state index in [1.54, 1.807) is 30.3 Å². The molecular formula is C33H50N4O7S. The Morgan fingerprint density at radius 1 is 0.822 bits per heavy atom. The number of nitrogens with zero attached hydrogens (tertiary/aromatic N) is 1. The maximum atomic E-state index is 13.9. The monoisotopic (exact) mass is 646 g/mol. The van der Waals surface area contributed by atoms with Crippen molar-refractivity contribution in [3.8, 4) is 0 Å². The van der Waals surface area contributed by atoms with Crippen LogP contribution in [0.15, 0.2) is 54.9 Å². The van der Waals surface area contributed by atoms with Gasteiger partial charge < -0.3 is 26.2 Å². The minimum atomic E-state index is -3.84. The lowest BCUT2D eigenvalue weighted by Crippen LogP contribution is -2.60. The van der Waals surface area contributed by atoms with Crippen molar-refractivity contribution >= 4 is 27.6 Å². The van der Waals surface area contributed by atoms with E-state index in [1.165, 1.54) is 25.4 Å². The summed E-state index contributed by atoms with van der Waals surface area (Å²) in [7, 11) is -3.84. The number of amides is 3. The van der Waals surface area contributed by atoms with E-state index in [2.05, 4.69) is 20.9 Å². The summed E-state index contributed by atoms with van der Waals surface area (Å²) in [6, 6.07) is 8.70. The van der Waals surface area contributed by atoms with Gasteiger partial charge in [-0.2, -0.15) is 0 Å². The van der Waals surface area contributed by atoms with Gasteiger partial charge in [0, 0.05) is 19.3 Å². The fourth-order valence-electron chi connectivity index (χ4n) is 5.34. The molecule has 0 fully saturated rings. The highest BCUT2D eigenvalue weighted by molar-refractivity contribution is 7.92. The summed E-state index contributed by atoms with van der Waals surface area (Å²) >= 11 is 0. The molecule has 1 aromatic heterocycles. The molecule has 0 radical (unpaired) electrons. The summed E-state index contributed by atoms with van der Waals surface area (Å²) in [4.78, 5) is 42.9. The molecular weight excluding hydrogens is 596 g/mol. The Morgan fingerprint density at radius 3 is 2.02 bits per heavy atom. The van der Waals surface area contributed by atoms with Crippen molar-refractivity contribution in [3.05, 3.63) is 66.0 Å². The Kier molecular flexibility index (Phi) is 16.2. The molecule has 1 heterocycles. The van der Waals surface area contributed by atoms with Crippen molar-refractivity contribution < 1.29 is 33.0 Å². The number of benzene rings is 1. The quantitative estimate of drug-likeness (QED) is 0.146. The van der Waals surface area contributed by atoms with Crippen molar-refractivity contribution in [3.63, 3.8) is 0 Å². The van der Waals surface area contributed by atoms with Crippen molar-refractivity contribution in [2.45, 2.75) is 115 Å². The molecule has 5 N–H and O–H groups in total. The van der Waals surface area contributed by atoms with E-state index < -0.39 is 63.0 Å². The zero-order valence-corrected chi connectivity index (χ0v) is 27.6. The van der Waals surface area contributed by atoms with Crippen LogP contribution in [0.4, 0.5) is 0 Å². The number of sulfone groups is 1. The summed E-state index contributed by atoms with van der Waals surface area (Å²) in [5.74, 6) is -2.51. The van der Waals surface area contributed by atoms with Crippen LogP contribution in [0.1, 0.15) is 88.6 Å². The summed E-state index contributed by atoms with van der Waals surface area (Å²) in [6.45, 7) is 7.07. The number of pyridine rings is 1. The third-order valence-corrected chi connectivity index (χ3v) is 10.0. The molecule has 0 aliphatic rings. The van der Waals surface area contributed by atoms with Crippen molar-refractivity contribution in [2.24, 2.45) is 0 Å². The molecule has 2 aromatic rings. The van der Waals surface area contributed by atoms with Crippen LogP contribution in [0.25, 0.3) is 0 Å². The standard InChI is InChI=1S/C33H50N4O7S/c1-5-8-18-27(35-23(4)38)30(39)31(40)28(20-24-15-10-9-11-16-24)36-33(42)29(37-32(41)25-17-12-19-34-21-25)22-45(43,44)26(13-6-2)14-7-3/h9-12,15-17,19,21,26-31,39-40H,5-8,13-14,18,20,22H2,1-4H3,(H,35,38)(H,36,42)(H,37,41). The first-order valence-corrected chi connectivity index (χ1v) is 17.5. The Morgan fingerprint density at radius 2 is 1.47 bits per heavy atom. The van der Waals surface area contributed by atoms with Crippen LogP contribution >= 0.6 is 0 Å². The van der Waals surface area contributed by atoms with E-state index in [0.717, 1.165) is 12.0 Å². The van der Waals surface area contributed by atoms with Crippen LogP contribution in [0.5, 0.6) is 0 Å². The third-order valence-electron chi connectivity index (χ3n) is 7.73. The molecule has 12 heteroatoms. The summed E-state index contributed by atoms with van der Waals surface area (Å²) in [5, 5.41) is 30.0. The molecule has 45 heavy (non-hydrogen) atoms. The maximum absolute atomic E-state index is 13.9. The number of unbranched alkanes of at least 4 members (excludes halogenated alkanes) is 1. The number of carbonyl (C=O) groups is 3. The molecule has 0 aliphatic carbocycles. The SMILES string of the molecule is CCCCC(NC(C)=O)C(O)C(O)C(Cc1ccccc1)NC(=O)C(CS(=O)(=O)C(CCC)CCC)NC(=O)c1cccnc1. The number of carbonyl (C=O) groups excluding carboxylic acids is 3. The Labute approximate surface area is 267 Å². The first-order valence-electron chi connectivity index (χ1n) is 15.8. The molecule has 250 valence electrons. The maximum Gasteiger partial charge on any atom is 0.253 e. The molecule has 0 bridgehead atoms. The molecule has 11 nitrogen and oxygen atoms in total. The van der Waals surface area contributed by atoms with Crippen LogP contribution in [-0.2, 0) is 25.8 Å². The van der Waals surface area contributed by atoms with Crippen LogP contribution < -0.4 is 16.0 Å². The Bertz CT molecular complexity index is 1290. The second-order valence-corrected chi connectivity index (χ2v) is 13.9. The summed E-state index contributed by atoms with van der Waals surface area (Å²) < 4.78 is 27.2. The molecule has 0 aliphatic heterocycles. The van der Waals surface area contributed by atoms with Gasteiger partial charge in [0.15, 0.2) is 9.84 Å². The number of aliphatic hydroxyl groups excluding tert-OH is 2. The first-order chi connectivity index (χ1) is 21.4. The lowest BCUT2D eigenvalue weighted by molar-refractivity contribution is -0.126. The van der Waals surface area contributed by atoms with Crippen LogP contribution in [0, 0.1) is 0 Å². The molecule has 2 rings (SSSR count). The zero-order chi connectivity index (χ0) is 33.4. The number of rotatable bonds is 20. The summed E-state index contributed by atoms with van der Waals surface area (Å²) in [6.07, 6.45) is 3.91. The van der Waals surface area contributed by atoms with Crippen LogP contribution in [-0.4, -0.2) is 82.7 Å². The number of nitrogens with one attached hydrogen (secondary N) is 3. The van der Waals surface area contributed by atoms with Gasteiger partial charge in [-0.05, 0) is 43.4 Å². The second kappa shape index (κ2) is 19.2. The molecule has 5 unspecified atom stereocenters. The lowest BCUT2D eigenvalue weighted by atomic mass is 9.91. The van der Waals surface area contributed by atoms with E-state index in [4.69, 9.17) is 0 Å². The van der Waals surface area contributed by atoms with Crippen molar-refractivity contribution in [1.82, 2.24) is 20.9 Å². The highest BCUT2D eigenvalue weighted by Crippen LogP contribution is 2.19. The van der Waals surface area contributed by atoms with Crippen molar-refractivity contribution in [1.29, 1.82) is 0 Å². The number of aromatic nitrogens is 1. The summed E-state index contributed by atoms with van der Waals surface area (Å²) in [5.41, 5.74) is 0.893. The van der Waals surface area contributed by atoms with Gasteiger partial charge in [-0.3, -0.25) is 19.4 Å². The highest BCUT2D eigenvalue weighted by atomic mass is 32.2. The lowest BCUT2D eigenvalue weighted by Gasteiger charge is -2.33. The van der Waals surface area contributed by atoms with Crippen LogP contribution in [0.2, 0.25) is 0 Å². The predicted molar refractivity (Wildman–Crippen MR) is 174 cm³/mol.